The maximum atomic E-state index is 4.50. The smallest absolute Gasteiger partial charge is 0.202 e. The minimum Gasteiger partial charge on any atom is -0.353 e. The second kappa shape index (κ2) is 6.37. The third kappa shape index (κ3) is 3.94. The van der Waals surface area contributed by atoms with Gasteiger partial charge in [-0.2, -0.15) is 9.47 Å². The topological polar surface area (TPSA) is 79.4 Å². The standard InChI is InChI=1S/C15H17BrN6S/c1-15(2,3)13-19-14(23-22-13)17-8-11-18-12(21-20-11)9-4-6-10(16)7-5-9/h4-7H,8H2,1-3H3,(H,17,19,22)(H,18,20,21). The Morgan fingerprint density at radius 2 is 1.91 bits per heavy atom. The third-order valence-electron chi connectivity index (χ3n) is 3.14. The lowest BCUT2D eigenvalue weighted by Gasteiger charge is -2.12. The summed E-state index contributed by atoms with van der Waals surface area (Å²) >= 11 is 4.78. The van der Waals surface area contributed by atoms with Gasteiger partial charge in [-0.1, -0.05) is 48.8 Å². The number of H-pyrrole nitrogens is 1. The van der Waals surface area contributed by atoms with E-state index in [2.05, 4.69) is 66.6 Å². The lowest BCUT2D eigenvalue weighted by molar-refractivity contribution is 0.555. The van der Waals surface area contributed by atoms with Gasteiger partial charge >= 0.3 is 0 Å². The monoisotopic (exact) mass is 392 g/mol. The normalized spacial score (nSPS) is 11.7. The first kappa shape index (κ1) is 16.1. The number of halogens is 1. The van der Waals surface area contributed by atoms with Crippen molar-refractivity contribution in [1.29, 1.82) is 0 Å². The molecular weight excluding hydrogens is 376 g/mol. The fourth-order valence-corrected chi connectivity index (χ4v) is 2.88. The maximum Gasteiger partial charge on any atom is 0.202 e. The molecule has 3 rings (SSSR count). The van der Waals surface area contributed by atoms with Crippen molar-refractivity contribution in [3.8, 4) is 11.4 Å². The van der Waals surface area contributed by atoms with Crippen LogP contribution in [0.4, 0.5) is 5.13 Å². The van der Waals surface area contributed by atoms with Crippen LogP contribution in [-0.4, -0.2) is 24.5 Å². The Balaban J connectivity index is 1.65. The summed E-state index contributed by atoms with van der Waals surface area (Å²) < 4.78 is 5.41. The van der Waals surface area contributed by atoms with Crippen LogP contribution in [0.2, 0.25) is 0 Å². The molecule has 2 N–H and O–H groups in total. The molecule has 0 radical (unpaired) electrons. The average molecular weight is 393 g/mol. The Morgan fingerprint density at radius 1 is 1.17 bits per heavy atom. The summed E-state index contributed by atoms with van der Waals surface area (Å²) in [6, 6.07) is 7.90. The quantitative estimate of drug-likeness (QED) is 0.701. The first-order valence-electron chi connectivity index (χ1n) is 7.17. The van der Waals surface area contributed by atoms with Crippen LogP contribution >= 0.6 is 27.5 Å². The highest BCUT2D eigenvalue weighted by Gasteiger charge is 2.19. The molecule has 0 aliphatic rings. The van der Waals surface area contributed by atoms with Crippen LogP contribution in [0.1, 0.15) is 32.4 Å². The molecule has 0 unspecified atom stereocenters. The summed E-state index contributed by atoms with van der Waals surface area (Å²) in [5.74, 6) is 2.29. The fraction of sp³-hybridized carbons (Fsp3) is 0.333. The van der Waals surface area contributed by atoms with Gasteiger partial charge in [0.2, 0.25) is 5.13 Å². The molecule has 0 bridgehead atoms. The highest BCUT2D eigenvalue weighted by Crippen LogP contribution is 2.23. The number of benzene rings is 1. The van der Waals surface area contributed by atoms with Crippen LogP contribution in [0.25, 0.3) is 11.4 Å². The van der Waals surface area contributed by atoms with Crippen molar-refractivity contribution in [2.75, 3.05) is 5.32 Å². The van der Waals surface area contributed by atoms with Crippen LogP contribution in [0.3, 0.4) is 0 Å². The first-order chi connectivity index (χ1) is 10.9. The SMILES string of the molecule is CC(C)(C)c1nsc(NCc2nc(-c3ccc(Br)cc3)n[nH]2)n1. The van der Waals surface area contributed by atoms with E-state index in [1.54, 1.807) is 0 Å². The minimum absolute atomic E-state index is 0.0442. The molecule has 120 valence electrons. The van der Waals surface area contributed by atoms with Crippen molar-refractivity contribution in [1.82, 2.24) is 24.5 Å². The molecule has 0 saturated heterocycles. The molecule has 1 aromatic carbocycles. The number of nitrogens with zero attached hydrogens (tertiary/aromatic N) is 4. The summed E-state index contributed by atoms with van der Waals surface area (Å²) in [6.07, 6.45) is 0. The number of anilines is 1. The molecule has 3 aromatic rings. The van der Waals surface area contributed by atoms with Gasteiger partial charge in [0.05, 0.1) is 6.54 Å². The fourth-order valence-electron chi connectivity index (χ4n) is 1.86. The summed E-state index contributed by atoms with van der Waals surface area (Å²) in [5, 5.41) is 11.2. The molecular formula is C15H17BrN6S. The Bertz CT molecular complexity index is 787. The van der Waals surface area contributed by atoms with E-state index in [9.17, 15) is 0 Å². The van der Waals surface area contributed by atoms with Crippen molar-refractivity contribution in [2.45, 2.75) is 32.7 Å². The number of rotatable bonds is 4. The van der Waals surface area contributed by atoms with E-state index in [1.807, 2.05) is 24.3 Å². The Hall–Kier alpha value is -1.80. The van der Waals surface area contributed by atoms with Crippen molar-refractivity contribution in [2.24, 2.45) is 0 Å². The maximum absolute atomic E-state index is 4.50. The van der Waals surface area contributed by atoms with E-state index in [0.717, 1.165) is 26.8 Å². The van der Waals surface area contributed by atoms with Gasteiger partial charge in [-0.25, -0.2) is 9.97 Å². The number of aromatic nitrogens is 5. The van der Waals surface area contributed by atoms with E-state index in [0.29, 0.717) is 12.4 Å². The molecule has 23 heavy (non-hydrogen) atoms. The zero-order chi connectivity index (χ0) is 16.4. The van der Waals surface area contributed by atoms with Gasteiger partial charge in [0, 0.05) is 27.0 Å². The zero-order valence-electron chi connectivity index (χ0n) is 13.1. The van der Waals surface area contributed by atoms with Gasteiger partial charge < -0.3 is 5.32 Å². The third-order valence-corrected chi connectivity index (χ3v) is 4.34. The van der Waals surface area contributed by atoms with Gasteiger partial charge in [-0.15, -0.1) is 0 Å². The molecule has 2 heterocycles. The highest BCUT2D eigenvalue weighted by atomic mass is 79.9. The lowest BCUT2D eigenvalue weighted by atomic mass is 9.96. The van der Waals surface area contributed by atoms with Crippen LogP contribution in [0.15, 0.2) is 28.7 Å². The van der Waals surface area contributed by atoms with E-state index >= 15 is 0 Å². The van der Waals surface area contributed by atoms with Gasteiger partial charge in [-0.05, 0) is 12.1 Å². The number of nitrogens with one attached hydrogen (secondary N) is 2. The van der Waals surface area contributed by atoms with E-state index < -0.39 is 0 Å². The second-order valence-electron chi connectivity index (χ2n) is 6.14. The molecule has 0 spiro atoms. The Labute approximate surface area is 147 Å². The lowest BCUT2D eigenvalue weighted by Crippen LogP contribution is -2.13. The molecule has 0 aliphatic heterocycles. The first-order valence-corrected chi connectivity index (χ1v) is 8.74. The summed E-state index contributed by atoms with van der Waals surface area (Å²) in [5.41, 5.74) is 0.930. The van der Waals surface area contributed by atoms with Crippen LogP contribution < -0.4 is 5.32 Å². The summed E-state index contributed by atoms with van der Waals surface area (Å²) in [4.78, 5) is 8.99. The highest BCUT2D eigenvalue weighted by molar-refractivity contribution is 9.10. The van der Waals surface area contributed by atoms with Crippen LogP contribution in [0, 0.1) is 0 Å². The Morgan fingerprint density at radius 3 is 2.57 bits per heavy atom. The van der Waals surface area contributed by atoms with Crippen LogP contribution in [-0.2, 0) is 12.0 Å². The predicted octanol–water partition coefficient (Wildman–Crippen LogP) is 4.00. The number of aromatic amines is 1. The summed E-state index contributed by atoms with van der Waals surface area (Å²) in [6.45, 7) is 6.82. The van der Waals surface area contributed by atoms with Crippen molar-refractivity contribution < 1.29 is 0 Å². The van der Waals surface area contributed by atoms with Crippen molar-refractivity contribution >= 4 is 32.6 Å². The molecule has 8 heteroatoms. The van der Waals surface area contributed by atoms with Crippen molar-refractivity contribution in [3.05, 3.63) is 40.4 Å². The van der Waals surface area contributed by atoms with Gasteiger partial charge in [0.1, 0.15) is 11.6 Å². The molecule has 0 aliphatic carbocycles. The van der Waals surface area contributed by atoms with Crippen LogP contribution in [0.5, 0.6) is 0 Å². The van der Waals surface area contributed by atoms with Gasteiger partial charge in [0.25, 0.3) is 0 Å². The Kier molecular flexibility index (Phi) is 4.45. The number of hydrogen-bond donors (Lipinski definition) is 2. The largest absolute Gasteiger partial charge is 0.353 e. The number of hydrogen-bond acceptors (Lipinski definition) is 6. The molecule has 0 amide bonds. The van der Waals surface area contributed by atoms with E-state index in [4.69, 9.17) is 0 Å². The second-order valence-corrected chi connectivity index (χ2v) is 7.81. The van der Waals surface area contributed by atoms with E-state index in [-0.39, 0.29) is 5.41 Å². The van der Waals surface area contributed by atoms with Gasteiger partial charge in [-0.3, -0.25) is 5.10 Å². The van der Waals surface area contributed by atoms with Gasteiger partial charge in [0.15, 0.2) is 5.82 Å². The minimum atomic E-state index is -0.0442. The van der Waals surface area contributed by atoms with E-state index in [1.165, 1.54) is 11.5 Å². The predicted molar refractivity (Wildman–Crippen MR) is 95.5 cm³/mol. The molecule has 0 fully saturated rings. The molecule has 0 atom stereocenters. The molecule has 0 saturated carbocycles. The zero-order valence-corrected chi connectivity index (χ0v) is 15.5. The summed E-state index contributed by atoms with van der Waals surface area (Å²) in [7, 11) is 0. The molecule has 6 nitrogen and oxygen atoms in total. The average Bonchev–Trinajstić information content (AvgIpc) is 3.15. The molecule has 2 aromatic heterocycles. The van der Waals surface area contributed by atoms with Crippen molar-refractivity contribution in [3.63, 3.8) is 0 Å².